The second kappa shape index (κ2) is 5.89. The second-order valence-corrected chi connectivity index (χ2v) is 5.16. The lowest BCUT2D eigenvalue weighted by molar-refractivity contribution is -0.385. The summed E-state index contributed by atoms with van der Waals surface area (Å²) in [5.41, 5.74) is 2.53. The van der Waals surface area contributed by atoms with E-state index in [0.717, 1.165) is 5.69 Å². The van der Waals surface area contributed by atoms with E-state index >= 15 is 0 Å². The first-order valence-electron chi connectivity index (χ1n) is 5.17. The summed E-state index contributed by atoms with van der Waals surface area (Å²) in [7, 11) is 0. The molecule has 0 fully saturated rings. The van der Waals surface area contributed by atoms with E-state index < -0.39 is 4.92 Å². The number of rotatable bonds is 4. The molecule has 0 aliphatic rings. The van der Waals surface area contributed by atoms with Gasteiger partial charge in [-0.2, -0.15) is 0 Å². The largest absolute Gasteiger partial charge is 0.346 e. The van der Waals surface area contributed by atoms with Gasteiger partial charge in [-0.1, -0.05) is 0 Å². The summed E-state index contributed by atoms with van der Waals surface area (Å²) in [5, 5.41) is 15.3. The van der Waals surface area contributed by atoms with Gasteiger partial charge in [-0.25, -0.2) is 4.98 Å². The average molecular weight is 342 g/mol. The highest BCUT2D eigenvalue weighted by Gasteiger charge is 2.15. The SMILES string of the molecule is O=C(NCc1cscn1)c1ccc(Br)c([N+](=O)[O-])c1. The van der Waals surface area contributed by atoms with E-state index in [1.807, 2.05) is 5.38 Å². The number of benzene rings is 1. The van der Waals surface area contributed by atoms with Crippen molar-refractivity contribution >= 4 is 38.9 Å². The Bertz CT molecular complexity index is 616. The van der Waals surface area contributed by atoms with Gasteiger partial charge in [0.15, 0.2) is 0 Å². The molecule has 0 atom stereocenters. The van der Waals surface area contributed by atoms with Crippen LogP contribution in [0.2, 0.25) is 0 Å². The minimum absolute atomic E-state index is 0.138. The van der Waals surface area contributed by atoms with Gasteiger partial charge in [-0.15, -0.1) is 11.3 Å². The number of aromatic nitrogens is 1. The zero-order chi connectivity index (χ0) is 13.8. The Morgan fingerprint density at radius 1 is 1.53 bits per heavy atom. The molecule has 0 radical (unpaired) electrons. The quantitative estimate of drug-likeness (QED) is 0.684. The van der Waals surface area contributed by atoms with Gasteiger partial charge in [0, 0.05) is 17.0 Å². The topological polar surface area (TPSA) is 85.1 Å². The van der Waals surface area contributed by atoms with Crippen LogP contribution in [0.25, 0.3) is 0 Å². The molecule has 19 heavy (non-hydrogen) atoms. The molecule has 0 aliphatic heterocycles. The van der Waals surface area contributed by atoms with Gasteiger partial charge in [-0.05, 0) is 28.1 Å². The van der Waals surface area contributed by atoms with Crippen LogP contribution in [0, 0.1) is 10.1 Å². The lowest BCUT2D eigenvalue weighted by Gasteiger charge is -2.04. The normalized spacial score (nSPS) is 10.2. The average Bonchev–Trinajstić information content (AvgIpc) is 2.89. The molecule has 0 unspecified atom stereocenters. The standard InChI is InChI=1S/C11H8BrN3O3S/c12-9-2-1-7(3-10(9)15(17)18)11(16)13-4-8-5-19-6-14-8/h1-3,5-6H,4H2,(H,13,16). The predicted octanol–water partition coefficient (Wildman–Crippen LogP) is 2.74. The summed E-state index contributed by atoms with van der Waals surface area (Å²) >= 11 is 4.51. The molecule has 8 heteroatoms. The van der Waals surface area contributed by atoms with Crippen molar-refractivity contribution in [1.29, 1.82) is 0 Å². The molecule has 2 rings (SSSR count). The lowest BCUT2D eigenvalue weighted by atomic mass is 10.2. The first kappa shape index (κ1) is 13.6. The monoisotopic (exact) mass is 341 g/mol. The molecule has 0 bridgehead atoms. The van der Waals surface area contributed by atoms with Crippen molar-refractivity contribution in [3.8, 4) is 0 Å². The van der Waals surface area contributed by atoms with Gasteiger partial charge in [0.1, 0.15) is 0 Å². The number of hydrogen-bond donors (Lipinski definition) is 1. The highest BCUT2D eigenvalue weighted by Crippen LogP contribution is 2.25. The van der Waals surface area contributed by atoms with Crippen molar-refractivity contribution in [2.75, 3.05) is 0 Å². The number of carbonyl (C=O) groups is 1. The van der Waals surface area contributed by atoms with Crippen LogP contribution in [-0.4, -0.2) is 15.8 Å². The molecule has 98 valence electrons. The fraction of sp³-hybridized carbons (Fsp3) is 0.0909. The maximum absolute atomic E-state index is 11.9. The van der Waals surface area contributed by atoms with E-state index in [0.29, 0.717) is 11.0 Å². The number of carbonyl (C=O) groups excluding carboxylic acids is 1. The zero-order valence-corrected chi connectivity index (χ0v) is 11.9. The van der Waals surface area contributed by atoms with E-state index in [-0.39, 0.29) is 17.2 Å². The number of thiazole rings is 1. The number of nitrogens with zero attached hydrogens (tertiary/aromatic N) is 2. The molecule has 1 aromatic heterocycles. The van der Waals surface area contributed by atoms with Gasteiger partial charge < -0.3 is 5.32 Å². The number of hydrogen-bond acceptors (Lipinski definition) is 5. The van der Waals surface area contributed by atoms with Gasteiger partial charge >= 0.3 is 0 Å². The summed E-state index contributed by atoms with van der Waals surface area (Å²) in [6.07, 6.45) is 0. The third kappa shape index (κ3) is 3.36. The smallest absolute Gasteiger partial charge is 0.284 e. The van der Waals surface area contributed by atoms with E-state index in [1.165, 1.54) is 29.5 Å². The fourth-order valence-electron chi connectivity index (χ4n) is 1.39. The summed E-state index contributed by atoms with van der Waals surface area (Å²) in [6, 6.07) is 4.24. The fourth-order valence-corrected chi connectivity index (χ4v) is 2.34. The molecule has 6 nitrogen and oxygen atoms in total. The number of halogens is 1. The molecule has 0 spiro atoms. The summed E-state index contributed by atoms with van der Waals surface area (Å²) in [6.45, 7) is 0.298. The van der Waals surface area contributed by atoms with E-state index in [2.05, 4.69) is 26.2 Å². The molecular weight excluding hydrogens is 334 g/mol. The van der Waals surface area contributed by atoms with Gasteiger partial charge in [-0.3, -0.25) is 14.9 Å². The number of nitro benzene ring substituents is 1. The molecule has 2 aromatic rings. The maximum Gasteiger partial charge on any atom is 0.284 e. The Labute approximate surface area is 120 Å². The second-order valence-electron chi connectivity index (χ2n) is 3.59. The van der Waals surface area contributed by atoms with Crippen molar-refractivity contribution < 1.29 is 9.72 Å². The zero-order valence-electron chi connectivity index (χ0n) is 9.50. The molecule has 0 aliphatic carbocycles. The predicted molar refractivity (Wildman–Crippen MR) is 74.1 cm³/mol. The Kier molecular flexibility index (Phi) is 4.23. The summed E-state index contributed by atoms with van der Waals surface area (Å²) < 4.78 is 0.341. The van der Waals surface area contributed by atoms with Crippen LogP contribution in [0.5, 0.6) is 0 Å². The van der Waals surface area contributed by atoms with E-state index in [4.69, 9.17) is 0 Å². The molecule has 1 heterocycles. The van der Waals surface area contributed by atoms with Gasteiger partial charge in [0.25, 0.3) is 11.6 Å². The third-order valence-electron chi connectivity index (χ3n) is 2.32. The van der Waals surface area contributed by atoms with Crippen LogP contribution in [0.4, 0.5) is 5.69 Å². The van der Waals surface area contributed by atoms with Crippen molar-refractivity contribution in [3.63, 3.8) is 0 Å². The highest BCUT2D eigenvalue weighted by atomic mass is 79.9. The lowest BCUT2D eigenvalue weighted by Crippen LogP contribution is -2.23. The minimum atomic E-state index is -0.540. The molecule has 0 saturated carbocycles. The first-order chi connectivity index (χ1) is 9.08. The molecule has 1 amide bonds. The van der Waals surface area contributed by atoms with Gasteiger partial charge in [0.2, 0.25) is 0 Å². The van der Waals surface area contributed by atoms with E-state index in [9.17, 15) is 14.9 Å². The number of amides is 1. The van der Waals surface area contributed by atoms with Crippen LogP contribution in [-0.2, 0) is 6.54 Å². The van der Waals surface area contributed by atoms with Crippen LogP contribution < -0.4 is 5.32 Å². The van der Waals surface area contributed by atoms with Crippen molar-refractivity contribution in [3.05, 3.63) is 54.9 Å². The Morgan fingerprint density at radius 2 is 2.32 bits per heavy atom. The van der Waals surface area contributed by atoms with Crippen LogP contribution in [0.15, 0.2) is 33.6 Å². The Balaban J connectivity index is 2.11. The highest BCUT2D eigenvalue weighted by molar-refractivity contribution is 9.10. The first-order valence-corrected chi connectivity index (χ1v) is 6.90. The van der Waals surface area contributed by atoms with Crippen LogP contribution in [0.1, 0.15) is 16.1 Å². The van der Waals surface area contributed by atoms with Crippen LogP contribution in [0.3, 0.4) is 0 Å². The van der Waals surface area contributed by atoms with Crippen molar-refractivity contribution in [2.45, 2.75) is 6.54 Å². The minimum Gasteiger partial charge on any atom is -0.346 e. The van der Waals surface area contributed by atoms with Gasteiger partial charge in [0.05, 0.1) is 27.1 Å². The van der Waals surface area contributed by atoms with Crippen LogP contribution >= 0.6 is 27.3 Å². The molecular formula is C11H8BrN3O3S. The summed E-state index contributed by atoms with van der Waals surface area (Å²) in [5.74, 6) is -0.372. The van der Waals surface area contributed by atoms with Crippen molar-refractivity contribution in [1.82, 2.24) is 10.3 Å². The molecule has 1 N–H and O–H groups in total. The summed E-state index contributed by atoms with van der Waals surface area (Å²) in [4.78, 5) is 26.1. The maximum atomic E-state index is 11.9. The Morgan fingerprint density at radius 3 is 2.95 bits per heavy atom. The molecule has 0 saturated heterocycles. The molecule has 1 aromatic carbocycles. The van der Waals surface area contributed by atoms with E-state index in [1.54, 1.807) is 5.51 Å². The number of nitrogens with one attached hydrogen (secondary N) is 1. The van der Waals surface area contributed by atoms with Crippen molar-refractivity contribution in [2.24, 2.45) is 0 Å². The third-order valence-corrected chi connectivity index (χ3v) is 3.62. The Hall–Kier alpha value is -1.80. The number of nitro groups is 1.